The fraction of sp³-hybridized carbons (Fsp3) is 0.385. The molecular weight excluding hydrogens is 249 g/mol. The molecule has 1 unspecified atom stereocenters. The standard InChI is InChI=1S/C13H14ClF3/c1-2-9(5-3-4-8-14)10-6-7-11(15)13(17)12(10)16/h2,6-7,9H,1,3-5,8H2. The van der Waals surface area contributed by atoms with Crippen LogP contribution in [0.15, 0.2) is 24.8 Å². The molecule has 0 radical (unpaired) electrons. The van der Waals surface area contributed by atoms with Crippen molar-refractivity contribution in [3.63, 3.8) is 0 Å². The van der Waals surface area contributed by atoms with Crippen LogP contribution in [0, 0.1) is 17.5 Å². The van der Waals surface area contributed by atoms with E-state index in [0.29, 0.717) is 12.3 Å². The minimum Gasteiger partial charge on any atom is -0.204 e. The fourth-order valence-electron chi connectivity index (χ4n) is 1.69. The first kappa shape index (κ1) is 14.1. The van der Waals surface area contributed by atoms with Gasteiger partial charge in [0.1, 0.15) is 0 Å². The summed E-state index contributed by atoms with van der Waals surface area (Å²) >= 11 is 5.54. The SMILES string of the molecule is C=CC(CCCCCl)c1ccc(F)c(F)c1F. The first-order valence-electron chi connectivity index (χ1n) is 5.43. The minimum absolute atomic E-state index is 0.147. The molecular formula is C13H14ClF3. The third kappa shape index (κ3) is 3.50. The van der Waals surface area contributed by atoms with E-state index in [1.54, 1.807) is 6.08 Å². The Kier molecular flexibility index (Phi) is 5.56. The summed E-state index contributed by atoms with van der Waals surface area (Å²) in [6, 6.07) is 2.20. The third-order valence-electron chi connectivity index (χ3n) is 2.65. The normalized spacial score (nSPS) is 12.5. The molecule has 4 heteroatoms. The van der Waals surface area contributed by atoms with Gasteiger partial charge in [0.25, 0.3) is 0 Å². The van der Waals surface area contributed by atoms with Crippen molar-refractivity contribution in [3.8, 4) is 0 Å². The molecule has 1 rings (SSSR count). The van der Waals surface area contributed by atoms with Crippen LogP contribution in [0.5, 0.6) is 0 Å². The third-order valence-corrected chi connectivity index (χ3v) is 2.92. The van der Waals surface area contributed by atoms with Crippen molar-refractivity contribution >= 4 is 11.6 Å². The predicted molar refractivity (Wildman–Crippen MR) is 63.8 cm³/mol. The van der Waals surface area contributed by atoms with Crippen LogP contribution in [-0.2, 0) is 0 Å². The highest BCUT2D eigenvalue weighted by molar-refractivity contribution is 6.17. The van der Waals surface area contributed by atoms with E-state index in [1.807, 2.05) is 0 Å². The van der Waals surface area contributed by atoms with Crippen LogP contribution < -0.4 is 0 Å². The van der Waals surface area contributed by atoms with Crippen molar-refractivity contribution in [3.05, 3.63) is 47.8 Å². The molecule has 0 fully saturated rings. The molecule has 0 amide bonds. The quantitative estimate of drug-likeness (QED) is 0.299. The van der Waals surface area contributed by atoms with Gasteiger partial charge in [0.15, 0.2) is 17.5 Å². The van der Waals surface area contributed by atoms with Crippen molar-refractivity contribution in [1.82, 2.24) is 0 Å². The molecule has 0 saturated carbocycles. The Bertz CT molecular complexity index is 390. The second-order valence-corrected chi connectivity index (χ2v) is 4.17. The zero-order valence-corrected chi connectivity index (χ0v) is 10.1. The van der Waals surface area contributed by atoms with Crippen molar-refractivity contribution < 1.29 is 13.2 Å². The van der Waals surface area contributed by atoms with Gasteiger partial charge in [-0.3, -0.25) is 0 Å². The second-order valence-electron chi connectivity index (χ2n) is 3.79. The summed E-state index contributed by atoms with van der Waals surface area (Å²) in [5.41, 5.74) is 0.147. The molecule has 0 bridgehead atoms. The Morgan fingerprint density at radius 3 is 2.47 bits per heavy atom. The highest BCUT2D eigenvalue weighted by atomic mass is 35.5. The number of hydrogen-bond acceptors (Lipinski definition) is 0. The molecule has 0 aliphatic heterocycles. The molecule has 0 N–H and O–H groups in total. The maximum absolute atomic E-state index is 13.5. The predicted octanol–water partition coefficient (Wildman–Crippen LogP) is 4.78. The van der Waals surface area contributed by atoms with Gasteiger partial charge in [-0.1, -0.05) is 18.6 Å². The van der Waals surface area contributed by atoms with E-state index in [9.17, 15) is 13.2 Å². The number of hydrogen-bond donors (Lipinski definition) is 0. The Balaban J connectivity index is 2.88. The lowest BCUT2D eigenvalue weighted by molar-refractivity contribution is 0.436. The molecule has 94 valence electrons. The lowest BCUT2D eigenvalue weighted by atomic mass is 9.93. The average molecular weight is 263 g/mol. The van der Waals surface area contributed by atoms with Crippen LogP contribution in [-0.4, -0.2) is 5.88 Å². The van der Waals surface area contributed by atoms with Crippen molar-refractivity contribution in [2.24, 2.45) is 0 Å². The van der Waals surface area contributed by atoms with E-state index in [-0.39, 0.29) is 11.5 Å². The minimum atomic E-state index is -1.42. The van der Waals surface area contributed by atoms with E-state index in [1.165, 1.54) is 6.07 Å². The van der Waals surface area contributed by atoms with Gasteiger partial charge in [-0.15, -0.1) is 18.2 Å². The molecule has 0 aliphatic rings. The van der Waals surface area contributed by atoms with E-state index < -0.39 is 17.5 Å². The highest BCUT2D eigenvalue weighted by Gasteiger charge is 2.18. The molecule has 1 aromatic rings. The summed E-state index contributed by atoms with van der Waals surface area (Å²) in [6.07, 6.45) is 3.76. The number of halogens is 4. The molecule has 0 spiro atoms. The van der Waals surface area contributed by atoms with Gasteiger partial charge in [0.2, 0.25) is 0 Å². The van der Waals surface area contributed by atoms with Crippen LogP contribution in [0.4, 0.5) is 13.2 Å². The summed E-state index contributed by atoms with van der Waals surface area (Å²) < 4.78 is 39.4. The summed E-state index contributed by atoms with van der Waals surface area (Å²) in [6.45, 7) is 3.59. The van der Waals surface area contributed by atoms with Gasteiger partial charge < -0.3 is 0 Å². The molecule has 0 aromatic heterocycles. The van der Waals surface area contributed by atoms with E-state index in [4.69, 9.17) is 11.6 Å². The molecule has 0 nitrogen and oxygen atoms in total. The van der Waals surface area contributed by atoms with Crippen molar-refractivity contribution in [2.75, 3.05) is 5.88 Å². The molecule has 0 aliphatic carbocycles. The molecule has 17 heavy (non-hydrogen) atoms. The summed E-state index contributed by atoms with van der Waals surface area (Å²) in [4.78, 5) is 0. The molecule has 1 aromatic carbocycles. The van der Waals surface area contributed by atoms with Gasteiger partial charge in [-0.2, -0.15) is 0 Å². The Labute approximate surface area is 104 Å². The number of benzene rings is 1. The average Bonchev–Trinajstić information content (AvgIpc) is 2.33. The zero-order chi connectivity index (χ0) is 12.8. The molecule has 0 saturated heterocycles. The molecule has 1 atom stereocenters. The van der Waals surface area contributed by atoms with Crippen LogP contribution in [0.1, 0.15) is 30.7 Å². The first-order chi connectivity index (χ1) is 8.11. The summed E-state index contributed by atoms with van der Waals surface area (Å²) in [5, 5.41) is 0. The van der Waals surface area contributed by atoms with Crippen molar-refractivity contribution in [1.29, 1.82) is 0 Å². The zero-order valence-electron chi connectivity index (χ0n) is 9.36. The topological polar surface area (TPSA) is 0 Å². The second kappa shape index (κ2) is 6.70. The number of allylic oxidation sites excluding steroid dienone is 1. The summed E-state index contributed by atoms with van der Waals surface area (Å²) in [7, 11) is 0. The molecule has 0 heterocycles. The van der Waals surface area contributed by atoms with Gasteiger partial charge in [0, 0.05) is 11.8 Å². The number of unbranched alkanes of at least 4 members (excludes halogenated alkanes) is 1. The van der Waals surface area contributed by atoms with Gasteiger partial charge in [-0.05, 0) is 24.5 Å². The van der Waals surface area contributed by atoms with E-state index >= 15 is 0 Å². The smallest absolute Gasteiger partial charge is 0.194 e. The van der Waals surface area contributed by atoms with Crippen LogP contribution in [0.3, 0.4) is 0 Å². The Morgan fingerprint density at radius 2 is 1.88 bits per heavy atom. The maximum Gasteiger partial charge on any atom is 0.194 e. The highest BCUT2D eigenvalue weighted by Crippen LogP contribution is 2.27. The Hall–Kier alpha value is -0.960. The first-order valence-corrected chi connectivity index (χ1v) is 5.97. The lowest BCUT2D eigenvalue weighted by Crippen LogP contribution is -2.03. The lowest BCUT2D eigenvalue weighted by Gasteiger charge is -2.14. The largest absolute Gasteiger partial charge is 0.204 e. The van der Waals surface area contributed by atoms with Gasteiger partial charge >= 0.3 is 0 Å². The maximum atomic E-state index is 13.5. The number of alkyl halides is 1. The van der Waals surface area contributed by atoms with Crippen LogP contribution >= 0.6 is 11.6 Å². The van der Waals surface area contributed by atoms with Crippen molar-refractivity contribution in [2.45, 2.75) is 25.2 Å². The number of rotatable bonds is 6. The Morgan fingerprint density at radius 1 is 1.18 bits per heavy atom. The summed E-state index contributed by atoms with van der Waals surface area (Å²) in [5.74, 6) is -3.50. The van der Waals surface area contributed by atoms with Gasteiger partial charge in [0.05, 0.1) is 0 Å². The van der Waals surface area contributed by atoms with Gasteiger partial charge in [-0.25, -0.2) is 13.2 Å². The monoisotopic (exact) mass is 262 g/mol. The fourth-order valence-corrected chi connectivity index (χ4v) is 1.88. The van der Waals surface area contributed by atoms with E-state index in [2.05, 4.69) is 6.58 Å². The van der Waals surface area contributed by atoms with E-state index in [0.717, 1.165) is 18.9 Å². The van der Waals surface area contributed by atoms with Crippen LogP contribution in [0.2, 0.25) is 0 Å². The van der Waals surface area contributed by atoms with Crippen LogP contribution in [0.25, 0.3) is 0 Å².